The zero-order chi connectivity index (χ0) is 18.9. The fourth-order valence-electron chi connectivity index (χ4n) is 3.66. The zero-order valence-corrected chi connectivity index (χ0v) is 15.5. The van der Waals surface area contributed by atoms with Gasteiger partial charge in [-0.1, -0.05) is 60.7 Å². The summed E-state index contributed by atoms with van der Waals surface area (Å²) in [6.45, 7) is 2.56. The third kappa shape index (κ3) is 3.04. The monoisotopic (exact) mass is 358 g/mol. The number of nitrogens with zero attached hydrogens (tertiary/aromatic N) is 1. The van der Waals surface area contributed by atoms with Crippen molar-refractivity contribution in [3.63, 3.8) is 0 Å². The molecule has 1 unspecified atom stereocenters. The highest BCUT2D eigenvalue weighted by atomic mass is 16.5. The van der Waals surface area contributed by atoms with Gasteiger partial charge in [-0.05, 0) is 36.2 Å². The highest BCUT2D eigenvalue weighted by Gasteiger charge is 2.40. The zero-order valence-electron chi connectivity index (χ0n) is 15.5. The van der Waals surface area contributed by atoms with E-state index in [0.717, 1.165) is 28.1 Å². The number of anilines is 1. The number of fused-ring (bicyclic) bond motifs is 1. The highest BCUT2D eigenvalue weighted by Crippen LogP contribution is 2.40. The normalized spacial score (nSPS) is 18.6. The van der Waals surface area contributed by atoms with E-state index in [1.165, 1.54) is 0 Å². The number of hydrogen-bond acceptors (Lipinski definition) is 2. The Morgan fingerprint density at radius 2 is 1.59 bits per heavy atom. The predicted octanol–water partition coefficient (Wildman–Crippen LogP) is 4.69. The van der Waals surface area contributed by atoms with Gasteiger partial charge < -0.3 is 10.1 Å². The Balaban J connectivity index is 1.74. The number of carbonyl (C=O) groups is 1. The van der Waals surface area contributed by atoms with Crippen LogP contribution in [0.25, 0.3) is 0 Å². The molecule has 1 heterocycles. The van der Waals surface area contributed by atoms with Crippen molar-refractivity contribution >= 4 is 11.7 Å². The molecule has 0 saturated heterocycles. The molecule has 1 atom stereocenters. The third-order valence-electron chi connectivity index (χ3n) is 5.19. The van der Waals surface area contributed by atoms with E-state index >= 15 is 0 Å². The Morgan fingerprint density at radius 1 is 0.926 bits per heavy atom. The van der Waals surface area contributed by atoms with Crippen molar-refractivity contribution in [3.8, 4) is 5.75 Å². The lowest BCUT2D eigenvalue weighted by atomic mass is 9.82. The first-order valence-electron chi connectivity index (χ1n) is 8.99. The molecular weight excluding hydrogens is 336 g/mol. The van der Waals surface area contributed by atoms with Crippen LogP contribution in [0.15, 0.2) is 78.9 Å². The topological polar surface area (TPSA) is 41.6 Å². The average molecular weight is 358 g/mol. The van der Waals surface area contributed by atoms with Crippen molar-refractivity contribution in [1.82, 2.24) is 5.32 Å². The number of amides is 2. The van der Waals surface area contributed by atoms with Gasteiger partial charge in [-0.3, -0.25) is 4.90 Å². The Labute approximate surface area is 159 Å². The van der Waals surface area contributed by atoms with Crippen LogP contribution in [-0.4, -0.2) is 13.1 Å². The van der Waals surface area contributed by atoms with Gasteiger partial charge in [0.05, 0.1) is 24.9 Å². The standard InChI is InChI=1S/C23H22N2O2/c1-23(18-8-4-3-5-9-18)20-10-6-7-11-21(20)25(22(26)24-23)16-17-12-14-19(27-2)15-13-17/h3-15H,16H2,1-2H3,(H,24,26). The molecule has 1 aliphatic rings. The van der Waals surface area contributed by atoms with Crippen molar-refractivity contribution in [2.24, 2.45) is 0 Å². The van der Waals surface area contributed by atoms with Crippen molar-refractivity contribution in [1.29, 1.82) is 0 Å². The number of nitrogens with one attached hydrogen (secondary N) is 1. The first kappa shape index (κ1) is 17.2. The third-order valence-corrected chi connectivity index (χ3v) is 5.19. The Bertz CT molecular complexity index is 954. The van der Waals surface area contributed by atoms with Gasteiger partial charge in [-0.15, -0.1) is 0 Å². The van der Waals surface area contributed by atoms with Gasteiger partial charge in [0.15, 0.2) is 0 Å². The molecule has 0 saturated carbocycles. The maximum absolute atomic E-state index is 13.1. The van der Waals surface area contributed by atoms with Crippen LogP contribution < -0.4 is 15.0 Å². The lowest BCUT2D eigenvalue weighted by molar-refractivity contribution is 0.234. The van der Waals surface area contributed by atoms with Crippen LogP contribution in [0.3, 0.4) is 0 Å². The van der Waals surface area contributed by atoms with Crippen LogP contribution in [0.1, 0.15) is 23.6 Å². The summed E-state index contributed by atoms with van der Waals surface area (Å²) in [5.41, 5.74) is 3.57. The maximum Gasteiger partial charge on any atom is 0.323 e. The molecule has 0 bridgehead atoms. The highest BCUT2D eigenvalue weighted by molar-refractivity contribution is 5.96. The van der Waals surface area contributed by atoms with Gasteiger partial charge in [0.25, 0.3) is 0 Å². The number of carbonyl (C=O) groups excluding carboxylic acids is 1. The molecule has 0 fully saturated rings. The van der Waals surface area contributed by atoms with E-state index in [1.54, 1.807) is 12.0 Å². The number of methoxy groups -OCH3 is 1. The molecule has 27 heavy (non-hydrogen) atoms. The van der Waals surface area contributed by atoms with E-state index in [2.05, 4.69) is 30.4 Å². The van der Waals surface area contributed by atoms with Crippen molar-refractivity contribution < 1.29 is 9.53 Å². The van der Waals surface area contributed by atoms with E-state index in [4.69, 9.17) is 4.74 Å². The van der Waals surface area contributed by atoms with Gasteiger partial charge in [-0.2, -0.15) is 0 Å². The average Bonchev–Trinajstić information content (AvgIpc) is 2.72. The second-order valence-corrected chi connectivity index (χ2v) is 6.87. The van der Waals surface area contributed by atoms with Gasteiger partial charge in [-0.25, -0.2) is 4.79 Å². The number of hydrogen-bond donors (Lipinski definition) is 1. The van der Waals surface area contributed by atoms with Gasteiger partial charge in [0.1, 0.15) is 5.75 Å². The van der Waals surface area contributed by atoms with E-state index in [1.807, 2.05) is 60.7 Å². The Morgan fingerprint density at radius 3 is 2.30 bits per heavy atom. The molecular formula is C23H22N2O2. The molecule has 0 aromatic heterocycles. The van der Waals surface area contributed by atoms with Crippen LogP contribution in [0, 0.1) is 0 Å². The van der Waals surface area contributed by atoms with E-state index in [0.29, 0.717) is 6.54 Å². The first-order valence-corrected chi connectivity index (χ1v) is 8.99. The molecule has 1 aliphatic heterocycles. The fourth-order valence-corrected chi connectivity index (χ4v) is 3.66. The van der Waals surface area contributed by atoms with Crippen LogP contribution in [-0.2, 0) is 12.1 Å². The molecule has 0 radical (unpaired) electrons. The largest absolute Gasteiger partial charge is 0.497 e. The molecule has 3 aromatic rings. The minimum atomic E-state index is -0.564. The number of benzene rings is 3. The van der Waals surface area contributed by atoms with Crippen LogP contribution in [0.5, 0.6) is 5.75 Å². The second-order valence-electron chi connectivity index (χ2n) is 6.87. The molecule has 4 heteroatoms. The Kier molecular flexibility index (Phi) is 4.32. The molecule has 4 nitrogen and oxygen atoms in total. The van der Waals surface area contributed by atoms with E-state index in [9.17, 15) is 4.79 Å². The molecule has 0 aliphatic carbocycles. The molecule has 1 N–H and O–H groups in total. The van der Waals surface area contributed by atoms with Gasteiger partial charge in [0.2, 0.25) is 0 Å². The van der Waals surface area contributed by atoms with Crippen molar-refractivity contribution in [2.45, 2.75) is 19.0 Å². The van der Waals surface area contributed by atoms with Crippen LogP contribution >= 0.6 is 0 Å². The summed E-state index contributed by atoms with van der Waals surface area (Å²) in [4.78, 5) is 14.9. The number of rotatable bonds is 4. The summed E-state index contributed by atoms with van der Waals surface area (Å²) in [6.07, 6.45) is 0. The van der Waals surface area contributed by atoms with Crippen molar-refractivity contribution in [3.05, 3.63) is 95.6 Å². The lowest BCUT2D eigenvalue weighted by Crippen LogP contribution is -2.55. The summed E-state index contributed by atoms with van der Waals surface area (Å²) in [7, 11) is 1.65. The summed E-state index contributed by atoms with van der Waals surface area (Å²) in [5.74, 6) is 0.805. The molecule has 4 rings (SSSR count). The quantitative estimate of drug-likeness (QED) is 0.735. The number of urea groups is 1. The smallest absolute Gasteiger partial charge is 0.323 e. The minimum Gasteiger partial charge on any atom is -0.497 e. The van der Waals surface area contributed by atoms with Crippen molar-refractivity contribution in [2.75, 3.05) is 12.0 Å². The molecule has 2 amide bonds. The van der Waals surface area contributed by atoms with E-state index in [-0.39, 0.29) is 6.03 Å². The summed E-state index contributed by atoms with van der Waals surface area (Å²) < 4.78 is 5.22. The predicted molar refractivity (Wildman–Crippen MR) is 107 cm³/mol. The van der Waals surface area contributed by atoms with Crippen LogP contribution in [0.2, 0.25) is 0 Å². The number of para-hydroxylation sites is 1. The second kappa shape index (κ2) is 6.80. The first-order chi connectivity index (χ1) is 13.1. The summed E-state index contributed by atoms with van der Waals surface area (Å²) >= 11 is 0. The SMILES string of the molecule is COc1ccc(CN2C(=O)NC(C)(c3ccccc3)c3ccccc32)cc1. The fraction of sp³-hybridized carbons (Fsp3) is 0.174. The molecule has 136 valence electrons. The Hall–Kier alpha value is -3.27. The van der Waals surface area contributed by atoms with E-state index < -0.39 is 5.54 Å². The lowest BCUT2D eigenvalue weighted by Gasteiger charge is -2.42. The van der Waals surface area contributed by atoms with Gasteiger partial charge >= 0.3 is 6.03 Å². The van der Waals surface area contributed by atoms with Gasteiger partial charge in [0, 0.05) is 5.56 Å². The maximum atomic E-state index is 13.1. The molecule has 3 aromatic carbocycles. The van der Waals surface area contributed by atoms with Crippen LogP contribution in [0.4, 0.5) is 10.5 Å². The summed E-state index contributed by atoms with van der Waals surface area (Å²) in [6, 6.07) is 25.9. The molecule has 0 spiro atoms. The number of ether oxygens (including phenoxy) is 1. The summed E-state index contributed by atoms with van der Waals surface area (Å²) in [5, 5.41) is 3.22. The minimum absolute atomic E-state index is 0.101.